The van der Waals surface area contributed by atoms with Gasteiger partial charge in [-0.2, -0.15) is 0 Å². The molecule has 0 spiro atoms. The molecule has 0 radical (unpaired) electrons. The van der Waals surface area contributed by atoms with Gasteiger partial charge in [-0.3, -0.25) is 0 Å². The zero-order valence-corrected chi connectivity index (χ0v) is 15.6. The summed E-state index contributed by atoms with van der Waals surface area (Å²) in [6.45, 7) is 3.80. The molecule has 0 heterocycles. The molecule has 0 aliphatic rings. The van der Waals surface area contributed by atoms with E-state index in [1.54, 1.807) is 32.2 Å². The minimum Gasteiger partial charge on any atom is -0.372 e. The van der Waals surface area contributed by atoms with E-state index < -0.39 is 15.6 Å². The molecule has 0 saturated carbocycles. The molecule has 0 aromatic heterocycles. The Kier molecular flexibility index (Phi) is 6.04. The summed E-state index contributed by atoms with van der Waals surface area (Å²) in [5.41, 5.74) is 0.743. The fraction of sp³-hybridized carbons (Fsp3) is 0.333. The van der Waals surface area contributed by atoms with E-state index in [2.05, 4.69) is 4.72 Å². The standard InChI is InChI=1S/C18H22ClNO3S/c1-4-18(23-3,15-9-6-5-7-10-15)13-20-24(21,22)17-12-8-11-16(19)14(17)2/h5-12,20H,4,13H2,1-3H3. The van der Waals surface area contributed by atoms with Crippen LogP contribution in [0.5, 0.6) is 0 Å². The third-order valence-electron chi connectivity index (χ3n) is 4.32. The summed E-state index contributed by atoms with van der Waals surface area (Å²) in [5, 5.41) is 0.425. The van der Waals surface area contributed by atoms with Gasteiger partial charge < -0.3 is 4.74 Å². The van der Waals surface area contributed by atoms with Crippen molar-refractivity contribution in [1.29, 1.82) is 0 Å². The lowest BCUT2D eigenvalue weighted by atomic mass is 9.91. The van der Waals surface area contributed by atoms with Crippen LogP contribution in [0.25, 0.3) is 0 Å². The van der Waals surface area contributed by atoms with Crippen LogP contribution in [0.2, 0.25) is 5.02 Å². The molecule has 0 aliphatic carbocycles. The molecular formula is C18H22ClNO3S. The molecule has 1 N–H and O–H groups in total. The Morgan fingerprint density at radius 2 is 1.79 bits per heavy atom. The van der Waals surface area contributed by atoms with E-state index in [-0.39, 0.29) is 11.4 Å². The van der Waals surface area contributed by atoms with Crippen molar-refractivity contribution in [2.45, 2.75) is 30.8 Å². The Hall–Kier alpha value is -1.40. The Bertz CT molecular complexity index is 787. The van der Waals surface area contributed by atoms with Gasteiger partial charge in [0, 0.05) is 18.7 Å². The summed E-state index contributed by atoms with van der Waals surface area (Å²) in [7, 11) is -2.10. The van der Waals surface area contributed by atoms with Crippen LogP contribution in [0.3, 0.4) is 0 Å². The molecule has 130 valence electrons. The minimum atomic E-state index is -3.69. The van der Waals surface area contributed by atoms with Gasteiger partial charge in [-0.05, 0) is 36.6 Å². The van der Waals surface area contributed by atoms with Crippen molar-refractivity contribution in [3.8, 4) is 0 Å². The number of hydrogen-bond donors (Lipinski definition) is 1. The fourth-order valence-electron chi connectivity index (χ4n) is 2.68. The van der Waals surface area contributed by atoms with Crippen molar-refractivity contribution in [3.63, 3.8) is 0 Å². The molecule has 24 heavy (non-hydrogen) atoms. The topological polar surface area (TPSA) is 55.4 Å². The summed E-state index contributed by atoms with van der Waals surface area (Å²) in [6, 6.07) is 14.5. The van der Waals surface area contributed by atoms with Crippen molar-refractivity contribution >= 4 is 21.6 Å². The second-order valence-corrected chi connectivity index (χ2v) is 7.75. The Morgan fingerprint density at radius 3 is 2.38 bits per heavy atom. The predicted octanol–water partition coefficient (Wildman–Crippen LogP) is 3.88. The number of methoxy groups -OCH3 is 1. The first-order chi connectivity index (χ1) is 11.4. The van der Waals surface area contributed by atoms with Crippen LogP contribution in [0, 0.1) is 6.92 Å². The first-order valence-electron chi connectivity index (χ1n) is 7.72. The highest BCUT2D eigenvalue weighted by atomic mass is 35.5. The lowest BCUT2D eigenvalue weighted by molar-refractivity contribution is -0.0133. The minimum absolute atomic E-state index is 0.137. The molecule has 0 bridgehead atoms. The molecule has 6 heteroatoms. The second-order valence-electron chi connectivity index (χ2n) is 5.61. The van der Waals surface area contributed by atoms with Crippen LogP contribution in [-0.4, -0.2) is 22.1 Å². The lowest BCUT2D eigenvalue weighted by Gasteiger charge is -2.32. The maximum absolute atomic E-state index is 12.7. The molecule has 0 amide bonds. The van der Waals surface area contributed by atoms with E-state index in [1.165, 1.54) is 0 Å². The van der Waals surface area contributed by atoms with Gasteiger partial charge in [0.05, 0.1) is 4.90 Å². The van der Waals surface area contributed by atoms with Gasteiger partial charge in [-0.1, -0.05) is 54.9 Å². The van der Waals surface area contributed by atoms with Gasteiger partial charge in [0.2, 0.25) is 10.0 Å². The third-order valence-corrected chi connectivity index (χ3v) is 6.27. The first kappa shape index (κ1) is 18.9. The molecule has 0 saturated heterocycles. The van der Waals surface area contributed by atoms with Crippen LogP contribution < -0.4 is 4.72 Å². The van der Waals surface area contributed by atoms with E-state index in [0.29, 0.717) is 17.0 Å². The number of nitrogens with one attached hydrogen (secondary N) is 1. The molecule has 1 atom stereocenters. The summed E-state index contributed by atoms with van der Waals surface area (Å²) >= 11 is 6.04. The molecule has 2 rings (SSSR count). The summed E-state index contributed by atoms with van der Waals surface area (Å²) < 4.78 is 33.8. The molecule has 0 fully saturated rings. The van der Waals surface area contributed by atoms with Crippen molar-refractivity contribution in [1.82, 2.24) is 4.72 Å². The first-order valence-corrected chi connectivity index (χ1v) is 9.58. The molecule has 0 aliphatic heterocycles. The maximum Gasteiger partial charge on any atom is 0.240 e. The number of rotatable bonds is 7. The average molecular weight is 368 g/mol. The maximum atomic E-state index is 12.7. The normalized spacial score (nSPS) is 14.3. The van der Waals surface area contributed by atoms with E-state index in [0.717, 1.165) is 5.56 Å². The zero-order valence-electron chi connectivity index (χ0n) is 14.0. The smallest absolute Gasteiger partial charge is 0.240 e. The van der Waals surface area contributed by atoms with Crippen molar-refractivity contribution < 1.29 is 13.2 Å². The Balaban J connectivity index is 2.31. The van der Waals surface area contributed by atoms with Crippen LogP contribution in [0.4, 0.5) is 0 Å². The van der Waals surface area contributed by atoms with Crippen LogP contribution in [0.1, 0.15) is 24.5 Å². The van der Waals surface area contributed by atoms with E-state index in [1.807, 2.05) is 37.3 Å². The van der Waals surface area contributed by atoms with Gasteiger partial charge in [0.1, 0.15) is 5.60 Å². The summed E-state index contributed by atoms with van der Waals surface area (Å²) in [6.07, 6.45) is 0.630. The fourth-order valence-corrected chi connectivity index (χ4v) is 4.26. The van der Waals surface area contributed by atoms with E-state index in [9.17, 15) is 8.42 Å². The molecule has 4 nitrogen and oxygen atoms in total. The van der Waals surface area contributed by atoms with Gasteiger partial charge in [-0.15, -0.1) is 0 Å². The van der Waals surface area contributed by atoms with Gasteiger partial charge in [0.15, 0.2) is 0 Å². The van der Waals surface area contributed by atoms with E-state index in [4.69, 9.17) is 16.3 Å². The van der Waals surface area contributed by atoms with Crippen molar-refractivity contribution in [2.75, 3.05) is 13.7 Å². The quantitative estimate of drug-likeness (QED) is 0.808. The molecule has 2 aromatic rings. The van der Waals surface area contributed by atoms with Crippen molar-refractivity contribution in [2.24, 2.45) is 0 Å². The number of hydrogen-bond acceptors (Lipinski definition) is 3. The highest BCUT2D eigenvalue weighted by Gasteiger charge is 2.32. The molecule has 1 unspecified atom stereocenters. The average Bonchev–Trinajstić information content (AvgIpc) is 2.59. The molecular weight excluding hydrogens is 346 g/mol. The zero-order chi connectivity index (χ0) is 17.8. The van der Waals surface area contributed by atoms with Crippen molar-refractivity contribution in [3.05, 3.63) is 64.7 Å². The number of ether oxygens (including phenoxy) is 1. The second kappa shape index (κ2) is 7.66. The number of halogens is 1. The van der Waals surface area contributed by atoms with Gasteiger partial charge >= 0.3 is 0 Å². The summed E-state index contributed by atoms with van der Waals surface area (Å²) in [4.78, 5) is 0.184. The Labute approximate surface area is 148 Å². The lowest BCUT2D eigenvalue weighted by Crippen LogP contribution is -2.42. The monoisotopic (exact) mass is 367 g/mol. The van der Waals surface area contributed by atoms with Crippen LogP contribution in [0.15, 0.2) is 53.4 Å². The largest absolute Gasteiger partial charge is 0.372 e. The highest BCUT2D eigenvalue weighted by molar-refractivity contribution is 7.89. The van der Waals surface area contributed by atoms with Crippen LogP contribution in [-0.2, 0) is 20.4 Å². The number of sulfonamides is 1. The van der Waals surface area contributed by atoms with Crippen LogP contribution >= 0.6 is 11.6 Å². The van der Waals surface area contributed by atoms with Gasteiger partial charge in [0.25, 0.3) is 0 Å². The van der Waals surface area contributed by atoms with Gasteiger partial charge in [-0.25, -0.2) is 13.1 Å². The Morgan fingerprint density at radius 1 is 1.12 bits per heavy atom. The predicted molar refractivity (Wildman–Crippen MR) is 96.8 cm³/mol. The molecule has 2 aromatic carbocycles. The number of benzene rings is 2. The highest BCUT2D eigenvalue weighted by Crippen LogP contribution is 2.29. The summed E-state index contributed by atoms with van der Waals surface area (Å²) in [5.74, 6) is 0. The van der Waals surface area contributed by atoms with E-state index >= 15 is 0 Å². The third kappa shape index (κ3) is 3.81. The SMILES string of the molecule is CCC(CNS(=O)(=O)c1cccc(Cl)c1C)(OC)c1ccccc1.